The van der Waals surface area contributed by atoms with Gasteiger partial charge in [-0.25, -0.2) is 13.1 Å². The summed E-state index contributed by atoms with van der Waals surface area (Å²) in [7, 11) is -1.12. The highest BCUT2D eigenvalue weighted by molar-refractivity contribution is 7.89. The van der Waals surface area contributed by atoms with E-state index < -0.39 is 16.0 Å². The molecule has 0 unspecified atom stereocenters. The summed E-state index contributed by atoms with van der Waals surface area (Å²) in [5.74, 6) is -1.08. The molecule has 2 rings (SSSR count). The van der Waals surface area contributed by atoms with Gasteiger partial charge in [-0.05, 0) is 36.6 Å². The van der Waals surface area contributed by atoms with Crippen LogP contribution >= 0.6 is 0 Å². The Hall–Kier alpha value is -2.06. The maximum absolute atomic E-state index is 13.0. The molecule has 1 aromatic rings. The predicted molar refractivity (Wildman–Crippen MR) is 100 cm³/mol. The van der Waals surface area contributed by atoms with Gasteiger partial charge in [0, 0.05) is 6.04 Å². The van der Waals surface area contributed by atoms with Crippen molar-refractivity contribution in [1.82, 2.24) is 4.72 Å². The number of carboxylic acid groups (broad SMARTS) is 1. The van der Waals surface area contributed by atoms with Gasteiger partial charge in [0.1, 0.15) is 4.90 Å². The summed E-state index contributed by atoms with van der Waals surface area (Å²) < 4.78 is 39.4. The first-order valence-electron chi connectivity index (χ1n) is 9.05. The van der Waals surface area contributed by atoms with E-state index in [2.05, 4.69) is 4.72 Å². The van der Waals surface area contributed by atoms with Gasteiger partial charge >= 0.3 is 0 Å². The predicted octanol–water partition coefficient (Wildman–Crippen LogP) is 1.86. The van der Waals surface area contributed by atoms with Gasteiger partial charge in [-0.3, -0.25) is 0 Å². The van der Waals surface area contributed by atoms with Crippen molar-refractivity contribution in [3.63, 3.8) is 0 Å². The van der Waals surface area contributed by atoms with Crippen LogP contribution in [-0.4, -0.2) is 34.6 Å². The summed E-state index contributed by atoms with van der Waals surface area (Å²) in [6.07, 6.45) is 9.07. The SMILES string of the molecule is COc1cc(/C=C/C(=O)[O-])cc(S(=O)(=O)NC2CCCCCCC2)c1OC. The van der Waals surface area contributed by atoms with Crippen molar-refractivity contribution in [2.24, 2.45) is 0 Å². The van der Waals surface area contributed by atoms with Crippen LogP contribution in [0.3, 0.4) is 0 Å². The summed E-state index contributed by atoms with van der Waals surface area (Å²) >= 11 is 0. The Labute approximate surface area is 160 Å². The standard InChI is InChI=1S/C19H27NO6S/c1-25-16-12-14(10-11-18(21)22)13-17(19(16)26-2)27(23,24)20-15-8-6-4-3-5-7-9-15/h10-13,15,20H,3-9H2,1-2H3,(H,21,22)/p-1/b11-10+. The van der Waals surface area contributed by atoms with Gasteiger partial charge in [0.2, 0.25) is 10.0 Å². The minimum atomic E-state index is -3.88. The van der Waals surface area contributed by atoms with E-state index in [4.69, 9.17) is 9.47 Å². The second-order valence-electron chi connectivity index (χ2n) is 6.57. The fourth-order valence-corrected chi connectivity index (χ4v) is 4.79. The number of sulfonamides is 1. The molecule has 0 saturated heterocycles. The van der Waals surface area contributed by atoms with Crippen LogP contribution in [0.2, 0.25) is 0 Å². The van der Waals surface area contributed by atoms with Crippen LogP contribution in [0, 0.1) is 0 Å². The second-order valence-corrected chi connectivity index (χ2v) is 8.25. The molecule has 7 nitrogen and oxygen atoms in total. The number of aliphatic carboxylic acids is 1. The maximum Gasteiger partial charge on any atom is 0.244 e. The average molecular weight is 396 g/mol. The monoisotopic (exact) mass is 396 g/mol. The number of carbonyl (C=O) groups is 1. The first-order valence-corrected chi connectivity index (χ1v) is 10.5. The number of hydrogen-bond acceptors (Lipinski definition) is 6. The average Bonchev–Trinajstić information content (AvgIpc) is 2.61. The second kappa shape index (κ2) is 9.75. The van der Waals surface area contributed by atoms with Crippen LogP contribution < -0.4 is 19.3 Å². The number of rotatable bonds is 7. The molecular weight excluding hydrogens is 370 g/mol. The molecule has 1 fully saturated rings. The molecule has 0 heterocycles. The third kappa shape index (κ3) is 5.97. The molecule has 0 radical (unpaired) electrons. The van der Waals surface area contributed by atoms with E-state index in [1.165, 1.54) is 38.8 Å². The fourth-order valence-electron chi connectivity index (χ4n) is 3.27. The molecule has 0 aliphatic heterocycles. The van der Waals surface area contributed by atoms with Crippen molar-refractivity contribution in [3.05, 3.63) is 23.8 Å². The van der Waals surface area contributed by atoms with Gasteiger partial charge in [-0.2, -0.15) is 0 Å². The number of carboxylic acids is 1. The molecule has 27 heavy (non-hydrogen) atoms. The van der Waals surface area contributed by atoms with E-state index >= 15 is 0 Å². The number of ether oxygens (including phenoxy) is 2. The lowest BCUT2D eigenvalue weighted by atomic mass is 9.97. The normalized spacial score (nSPS) is 16.7. The molecule has 1 N–H and O–H groups in total. The minimum absolute atomic E-state index is 0.0793. The van der Waals surface area contributed by atoms with Crippen LogP contribution in [0.25, 0.3) is 6.08 Å². The molecular formula is C19H26NO6S-. The first-order chi connectivity index (χ1) is 12.9. The highest BCUT2D eigenvalue weighted by Gasteiger charge is 2.26. The highest BCUT2D eigenvalue weighted by atomic mass is 32.2. The maximum atomic E-state index is 13.0. The molecule has 0 bridgehead atoms. The number of carbonyl (C=O) groups excluding carboxylic acids is 1. The summed E-state index contributed by atoms with van der Waals surface area (Å²) in [6.45, 7) is 0. The fraction of sp³-hybridized carbons (Fsp3) is 0.526. The van der Waals surface area contributed by atoms with E-state index in [0.717, 1.165) is 44.6 Å². The zero-order chi connectivity index (χ0) is 19.9. The Bertz CT molecular complexity index is 780. The third-order valence-corrected chi connectivity index (χ3v) is 6.12. The van der Waals surface area contributed by atoms with Crippen molar-refractivity contribution in [2.75, 3.05) is 14.2 Å². The molecule has 8 heteroatoms. The summed E-state index contributed by atoms with van der Waals surface area (Å²) in [4.78, 5) is 10.6. The number of benzene rings is 1. The molecule has 1 aliphatic rings. The molecule has 1 aromatic carbocycles. The molecule has 0 aromatic heterocycles. The van der Waals surface area contributed by atoms with Gasteiger partial charge in [-0.1, -0.05) is 38.2 Å². The van der Waals surface area contributed by atoms with Crippen molar-refractivity contribution in [1.29, 1.82) is 0 Å². The summed E-state index contributed by atoms with van der Waals surface area (Å²) in [5, 5.41) is 10.7. The zero-order valence-electron chi connectivity index (χ0n) is 15.7. The van der Waals surface area contributed by atoms with Crippen molar-refractivity contribution in [2.45, 2.75) is 55.9 Å². The van der Waals surface area contributed by atoms with Crippen LogP contribution in [0.1, 0.15) is 50.5 Å². The van der Waals surface area contributed by atoms with E-state index in [9.17, 15) is 18.3 Å². The van der Waals surface area contributed by atoms with Crippen LogP contribution in [0.4, 0.5) is 0 Å². The Balaban J connectivity index is 2.39. The van der Waals surface area contributed by atoms with E-state index in [0.29, 0.717) is 5.56 Å². The Morgan fingerprint density at radius 1 is 1.11 bits per heavy atom. The van der Waals surface area contributed by atoms with Gasteiger partial charge < -0.3 is 19.4 Å². The van der Waals surface area contributed by atoms with Crippen molar-refractivity contribution >= 4 is 22.1 Å². The van der Waals surface area contributed by atoms with E-state index in [-0.39, 0.29) is 22.4 Å². The zero-order valence-corrected chi connectivity index (χ0v) is 16.5. The van der Waals surface area contributed by atoms with Gasteiger partial charge in [-0.15, -0.1) is 0 Å². The van der Waals surface area contributed by atoms with Crippen molar-refractivity contribution in [3.8, 4) is 11.5 Å². The Morgan fingerprint density at radius 2 is 1.74 bits per heavy atom. The molecule has 0 spiro atoms. The quantitative estimate of drug-likeness (QED) is 0.706. The molecule has 1 aliphatic carbocycles. The van der Waals surface area contributed by atoms with Gasteiger partial charge in [0.25, 0.3) is 0 Å². The largest absolute Gasteiger partial charge is 0.545 e. The highest BCUT2D eigenvalue weighted by Crippen LogP contribution is 2.36. The summed E-state index contributed by atoms with van der Waals surface area (Å²) in [5.41, 5.74) is 0.356. The molecule has 1 saturated carbocycles. The van der Waals surface area contributed by atoms with Crippen LogP contribution in [0.5, 0.6) is 11.5 Å². The van der Waals surface area contributed by atoms with Crippen LogP contribution in [0.15, 0.2) is 23.1 Å². The number of methoxy groups -OCH3 is 2. The lowest BCUT2D eigenvalue weighted by molar-refractivity contribution is -0.297. The molecule has 150 valence electrons. The minimum Gasteiger partial charge on any atom is -0.545 e. The number of nitrogens with one attached hydrogen (secondary N) is 1. The van der Waals surface area contributed by atoms with Gasteiger partial charge in [0.15, 0.2) is 11.5 Å². The summed E-state index contributed by atoms with van der Waals surface area (Å²) in [6, 6.07) is 2.74. The topological polar surface area (TPSA) is 105 Å². The Kier molecular flexibility index (Phi) is 7.67. The molecule has 0 atom stereocenters. The Morgan fingerprint density at radius 3 is 2.30 bits per heavy atom. The lowest BCUT2D eigenvalue weighted by Crippen LogP contribution is -2.35. The lowest BCUT2D eigenvalue weighted by Gasteiger charge is -2.22. The van der Waals surface area contributed by atoms with Crippen LogP contribution in [-0.2, 0) is 14.8 Å². The van der Waals surface area contributed by atoms with E-state index in [1.807, 2.05) is 0 Å². The third-order valence-electron chi connectivity index (χ3n) is 4.60. The van der Waals surface area contributed by atoms with E-state index in [1.54, 1.807) is 0 Å². The molecule has 0 amide bonds. The van der Waals surface area contributed by atoms with Crippen molar-refractivity contribution < 1.29 is 27.8 Å². The smallest absolute Gasteiger partial charge is 0.244 e. The number of hydrogen-bond donors (Lipinski definition) is 1. The first kappa shape index (κ1) is 21.2. The van der Waals surface area contributed by atoms with Gasteiger partial charge in [0.05, 0.1) is 20.2 Å².